The predicted octanol–water partition coefficient (Wildman–Crippen LogP) is 2.52. The minimum atomic E-state index is 0.683. The van der Waals surface area contributed by atoms with Crippen LogP contribution < -0.4 is 5.32 Å². The van der Waals surface area contributed by atoms with E-state index in [0.29, 0.717) is 5.41 Å². The van der Waals surface area contributed by atoms with Gasteiger partial charge < -0.3 is 5.32 Å². The summed E-state index contributed by atoms with van der Waals surface area (Å²) in [6, 6.07) is 0.895. The molecule has 4 aliphatic rings. The third-order valence-corrected chi connectivity index (χ3v) is 6.45. The molecule has 15 heavy (non-hydrogen) atoms. The van der Waals surface area contributed by atoms with Crippen molar-refractivity contribution in [2.45, 2.75) is 39.7 Å². The van der Waals surface area contributed by atoms with Crippen LogP contribution >= 0.6 is 0 Å². The Bertz CT molecular complexity index is 308. The van der Waals surface area contributed by atoms with Crippen molar-refractivity contribution < 1.29 is 0 Å². The molecule has 3 saturated carbocycles. The van der Waals surface area contributed by atoms with Gasteiger partial charge in [-0.15, -0.1) is 0 Å². The van der Waals surface area contributed by atoms with Crippen molar-refractivity contribution in [1.29, 1.82) is 0 Å². The molecule has 0 radical (unpaired) electrons. The second-order valence-electron chi connectivity index (χ2n) is 7.22. The molecule has 84 valence electrons. The fourth-order valence-electron chi connectivity index (χ4n) is 5.45. The summed E-state index contributed by atoms with van der Waals surface area (Å²) in [7, 11) is 0. The predicted molar refractivity (Wildman–Crippen MR) is 61.4 cm³/mol. The average Bonchev–Trinajstić information content (AvgIpc) is 3.02. The summed E-state index contributed by atoms with van der Waals surface area (Å²) in [5.74, 6) is 6.46. The van der Waals surface area contributed by atoms with Gasteiger partial charge in [-0.1, -0.05) is 20.8 Å². The van der Waals surface area contributed by atoms with Gasteiger partial charge in [-0.3, -0.25) is 0 Å². The van der Waals surface area contributed by atoms with Crippen molar-refractivity contribution in [1.82, 2.24) is 5.32 Å². The number of nitrogens with one attached hydrogen (secondary N) is 1. The molecule has 7 atom stereocenters. The summed E-state index contributed by atoms with van der Waals surface area (Å²) in [5, 5.41) is 3.78. The fourth-order valence-corrected chi connectivity index (χ4v) is 5.45. The van der Waals surface area contributed by atoms with E-state index in [4.69, 9.17) is 0 Å². The SMILES string of the molecule is CC1C2CC3C4C(CCNC12)C(C)(C)C34. The standard InChI is InChI=1S/C14H23N/c1-7-8-6-9-11-10(4-5-15-13(7)8)14(2,3)12(9)11/h7-13,15H,4-6H2,1-3H3. The Morgan fingerprint density at radius 1 is 1.20 bits per heavy atom. The van der Waals surface area contributed by atoms with Gasteiger partial charge in [0.2, 0.25) is 0 Å². The smallest absolute Gasteiger partial charge is 0.0127 e. The van der Waals surface area contributed by atoms with Gasteiger partial charge in [-0.25, -0.2) is 0 Å². The number of rotatable bonds is 0. The second kappa shape index (κ2) is 2.45. The van der Waals surface area contributed by atoms with Gasteiger partial charge in [-0.2, -0.15) is 0 Å². The summed E-state index contributed by atoms with van der Waals surface area (Å²) in [5.41, 5.74) is 0.683. The van der Waals surface area contributed by atoms with E-state index in [1.165, 1.54) is 13.0 Å². The molecule has 0 aromatic rings. The van der Waals surface area contributed by atoms with Crippen LogP contribution in [0.2, 0.25) is 0 Å². The normalized spacial score (nSPS) is 63.8. The lowest BCUT2D eigenvalue weighted by atomic mass is 9.61. The fraction of sp³-hybridized carbons (Fsp3) is 1.00. The Morgan fingerprint density at radius 2 is 2.00 bits per heavy atom. The van der Waals surface area contributed by atoms with Crippen LogP contribution in [0.15, 0.2) is 0 Å². The Kier molecular flexibility index (Phi) is 1.47. The van der Waals surface area contributed by atoms with E-state index in [9.17, 15) is 0 Å². The molecule has 7 unspecified atom stereocenters. The Labute approximate surface area is 93.0 Å². The van der Waals surface area contributed by atoms with Crippen molar-refractivity contribution in [3.8, 4) is 0 Å². The van der Waals surface area contributed by atoms with Crippen LogP contribution in [-0.4, -0.2) is 12.6 Å². The largest absolute Gasteiger partial charge is 0.313 e. The minimum Gasteiger partial charge on any atom is -0.313 e. The summed E-state index contributed by atoms with van der Waals surface area (Å²) in [4.78, 5) is 0. The molecule has 0 spiro atoms. The van der Waals surface area contributed by atoms with Gasteiger partial charge in [0.05, 0.1) is 0 Å². The number of fused-ring (bicyclic) bond motifs is 2. The molecule has 1 heteroatoms. The van der Waals surface area contributed by atoms with Gasteiger partial charge >= 0.3 is 0 Å². The van der Waals surface area contributed by atoms with Crippen LogP contribution in [0.5, 0.6) is 0 Å². The molecule has 0 aromatic carbocycles. The molecule has 3 aliphatic carbocycles. The van der Waals surface area contributed by atoms with Crippen LogP contribution in [0, 0.1) is 40.9 Å². The number of hydrogen-bond acceptors (Lipinski definition) is 1. The third kappa shape index (κ3) is 0.945. The zero-order valence-corrected chi connectivity index (χ0v) is 10.2. The summed E-state index contributed by atoms with van der Waals surface area (Å²) in [6.07, 6.45) is 2.99. The lowest BCUT2D eigenvalue weighted by Gasteiger charge is -2.44. The lowest BCUT2D eigenvalue weighted by Crippen LogP contribution is -2.40. The van der Waals surface area contributed by atoms with Crippen LogP contribution in [-0.2, 0) is 0 Å². The Balaban J connectivity index is 1.57. The van der Waals surface area contributed by atoms with Gasteiger partial charge in [0.1, 0.15) is 0 Å². The van der Waals surface area contributed by atoms with Gasteiger partial charge in [-0.05, 0) is 60.3 Å². The molecule has 1 heterocycles. The quantitative estimate of drug-likeness (QED) is 0.641. The summed E-state index contributed by atoms with van der Waals surface area (Å²) >= 11 is 0. The van der Waals surface area contributed by atoms with Crippen LogP contribution in [0.1, 0.15) is 33.6 Å². The first-order valence-electron chi connectivity index (χ1n) is 6.86. The van der Waals surface area contributed by atoms with Gasteiger partial charge in [0.25, 0.3) is 0 Å². The van der Waals surface area contributed by atoms with Gasteiger partial charge in [0.15, 0.2) is 0 Å². The Hall–Kier alpha value is -0.0400. The van der Waals surface area contributed by atoms with Crippen LogP contribution in [0.25, 0.3) is 0 Å². The molecule has 1 nitrogen and oxygen atoms in total. The van der Waals surface area contributed by atoms with E-state index in [1.807, 2.05) is 0 Å². The van der Waals surface area contributed by atoms with Gasteiger partial charge in [0, 0.05) is 6.04 Å². The minimum absolute atomic E-state index is 0.683. The second-order valence-corrected chi connectivity index (χ2v) is 7.22. The summed E-state index contributed by atoms with van der Waals surface area (Å²) < 4.78 is 0. The first-order valence-corrected chi connectivity index (χ1v) is 6.86. The van der Waals surface area contributed by atoms with E-state index >= 15 is 0 Å². The first kappa shape index (κ1) is 9.04. The highest BCUT2D eigenvalue weighted by atomic mass is 15.0. The van der Waals surface area contributed by atoms with Crippen molar-refractivity contribution in [3.63, 3.8) is 0 Å². The van der Waals surface area contributed by atoms with Crippen LogP contribution in [0.4, 0.5) is 0 Å². The maximum Gasteiger partial charge on any atom is 0.0127 e. The molecule has 0 aromatic heterocycles. The summed E-state index contributed by atoms with van der Waals surface area (Å²) in [6.45, 7) is 8.77. The molecule has 0 bridgehead atoms. The van der Waals surface area contributed by atoms with E-state index in [0.717, 1.165) is 41.5 Å². The van der Waals surface area contributed by atoms with Crippen molar-refractivity contribution in [2.75, 3.05) is 6.54 Å². The topological polar surface area (TPSA) is 12.0 Å². The van der Waals surface area contributed by atoms with Crippen molar-refractivity contribution in [3.05, 3.63) is 0 Å². The molecule has 4 fully saturated rings. The zero-order chi connectivity index (χ0) is 10.4. The van der Waals surface area contributed by atoms with Crippen molar-refractivity contribution in [2.24, 2.45) is 40.9 Å². The van der Waals surface area contributed by atoms with E-state index < -0.39 is 0 Å². The number of hydrogen-bond donors (Lipinski definition) is 1. The lowest BCUT2D eigenvalue weighted by molar-refractivity contribution is 0.0451. The van der Waals surface area contributed by atoms with E-state index in [2.05, 4.69) is 26.1 Å². The molecule has 4 rings (SSSR count). The molecule has 1 aliphatic heterocycles. The maximum atomic E-state index is 3.78. The highest BCUT2D eigenvalue weighted by Crippen LogP contribution is 2.77. The molecule has 1 saturated heterocycles. The molecular weight excluding hydrogens is 182 g/mol. The third-order valence-electron chi connectivity index (χ3n) is 6.45. The molecule has 0 amide bonds. The molecular formula is C14H23N. The van der Waals surface area contributed by atoms with Crippen molar-refractivity contribution >= 4 is 0 Å². The van der Waals surface area contributed by atoms with E-state index in [1.54, 1.807) is 6.42 Å². The first-order chi connectivity index (χ1) is 7.12. The van der Waals surface area contributed by atoms with E-state index in [-0.39, 0.29) is 0 Å². The highest BCUT2D eigenvalue weighted by Gasteiger charge is 2.73. The molecule has 1 N–H and O–H groups in total. The zero-order valence-electron chi connectivity index (χ0n) is 10.2. The van der Waals surface area contributed by atoms with Crippen LogP contribution in [0.3, 0.4) is 0 Å². The monoisotopic (exact) mass is 205 g/mol. The average molecular weight is 205 g/mol. The Morgan fingerprint density at radius 3 is 2.80 bits per heavy atom. The highest BCUT2D eigenvalue weighted by molar-refractivity contribution is 5.21. The maximum absolute atomic E-state index is 3.78.